The van der Waals surface area contributed by atoms with Crippen LogP contribution in [0.3, 0.4) is 0 Å². The average molecular weight is 256 g/mol. The predicted molar refractivity (Wildman–Crippen MR) is 72.9 cm³/mol. The van der Waals surface area contributed by atoms with Gasteiger partial charge in [0, 0.05) is 37.7 Å². The van der Waals surface area contributed by atoms with Crippen LogP contribution in [-0.2, 0) is 9.47 Å². The number of morpholine rings is 1. The highest BCUT2D eigenvalue weighted by atomic mass is 16.5. The summed E-state index contributed by atoms with van der Waals surface area (Å²) in [7, 11) is 0. The summed E-state index contributed by atoms with van der Waals surface area (Å²) in [5.74, 6) is 0.630. The molecule has 0 saturated carbocycles. The highest BCUT2D eigenvalue weighted by molar-refractivity contribution is 4.84. The van der Waals surface area contributed by atoms with Crippen LogP contribution in [-0.4, -0.2) is 63.0 Å². The van der Waals surface area contributed by atoms with E-state index in [0.29, 0.717) is 18.0 Å². The summed E-state index contributed by atoms with van der Waals surface area (Å²) in [5.41, 5.74) is 0. The van der Waals surface area contributed by atoms with Crippen LogP contribution in [0.2, 0.25) is 0 Å². The zero-order valence-electron chi connectivity index (χ0n) is 11.9. The van der Waals surface area contributed by atoms with E-state index in [-0.39, 0.29) is 0 Å². The Balaban J connectivity index is 1.88. The Bertz CT molecular complexity index is 236. The van der Waals surface area contributed by atoms with Crippen LogP contribution in [0, 0.1) is 5.92 Å². The Morgan fingerprint density at radius 2 is 2.00 bits per heavy atom. The molecule has 0 aromatic rings. The molecule has 0 amide bonds. The number of ether oxygens (including phenoxy) is 2. The number of rotatable bonds is 5. The first-order valence-electron chi connectivity index (χ1n) is 7.48. The molecule has 0 spiro atoms. The molecule has 2 heterocycles. The van der Waals surface area contributed by atoms with Gasteiger partial charge in [-0.15, -0.1) is 0 Å². The van der Waals surface area contributed by atoms with Gasteiger partial charge >= 0.3 is 0 Å². The van der Waals surface area contributed by atoms with Crippen molar-refractivity contribution in [3.8, 4) is 0 Å². The van der Waals surface area contributed by atoms with Gasteiger partial charge in [-0.25, -0.2) is 0 Å². The number of hydrogen-bond donors (Lipinski definition) is 1. The van der Waals surface area contributed by atoms with Crippen molar-refractivity contribution in [2.45, 2.75) is 38.8 Å². The quantitative estimate of drug-likeness (QED) is 0.799. The van der Waals surface area contributed by atoms with Crippen LogP contribution in [0.4, 0.5) is 0 Å². The first-order chi connectivity index (χ1) is 8.85. The van der Waals surface area contributed by atoms with Gasteiger partial charge in [-0.2, -0.15) is 0 Å². The van der Waals surface area contributed by atoms with Crippen LogP contribution in [0.15, 0.2) is 0 Å². The van der Waals surface area contributed by atoms with Crippen molar-refractivity contribution in [1.29, 1.82) is 0 Å². The fourth-order valence-corrected chi connectivity index (χ4v) is 3.11. The third kappa shape index (κ3) is 3.67. The molecule has 3 atom stereocenters. The molecule has 2 saturated heterocycles. The van der Waals surface area contributed by atoms with E-state index in [1.54, 1.807) is 0 Å². The van der Waals surface area contributed by atoms with Gasteiger partial charge in [0.2, 0.25) is 0 Å². The van der Waals surface area contributed by atoms with Gasteiger partial charge < -0.3 is 14.8 Å². The minimum atomic E-state index is 0.600. The molecule has 18 heavy (non-hydrogen) atoms. The van der Waals surface area contributed by atoms with Crippen molar-refractivity contribution < 1.29 is 9.47 Å². The summed E-state index contributed by atoms with van der Waals surface area (Å²) in [4.78, 5) is 2.60. The minimum absolute atomic E-state index is 0.600. The molecule has 0 aromatic heterocycles. The first-order valence-corrected chi connectivity index (χ1v) is 7.48. The Morgan fingerprint density at radius 1 is 1.17 bits per heavy atom. The largest absolute Gasteiger partial charge is 0.381 e. The highest BCUT2D eigenvalue weighted by Gasteiger charge is 2.30. The number of nitrogens with zero attached hydrogens (tertiary/aromatic N) is 1. The molecule has 1 N–H and O–H groups in total. The molecule has 2 fully saturated rings. The van der Waals surface area contributed by atoms with Crippen LogP contribution in [0.5, 0.6) is 0 Å². The van der Waals surface area contributed by atoms with Crippen molar-refractivity contribution in [2.24, 2.45) is 5.92 Å². The summed E-state index contributed by atoms with van der Waals surface area (Å²) in [5, 5.41) is 3.62. The zero-order chi connectivity index (χ0) is 12.8. The Kier molecular flexibility index (Phi) is 5.89. The maximum absolute atomic E-state index is 5.67. The topological polar surface area (TPSA) is 33.7 Å². The lowest BCUT2D eigenvalue weighted by molar-refractivity contribution is -0.0391. The summed E-state index contributed by atoms with van der Waals surface area (Å²) in [6.07, 6.45) is 2.33. The number of nitrogens with one attached hydrogen (secondary N) is 1. The van der Waals surface area contributed by atoms with Crippen LogP contribution in [0.25, 0.3) is 0 Å². The van der Waals surface area contributed by atoms with E-state index >= 15 is 0 Å². The van der Waals surface area contributed by atoms with Crippen LogP contribution >= 0.6 is 0 Å². The van der Waals surface area contributed by atoms with E-state index < -0.39 is 0 Å². The molecular weight excluding hydrogens is 228 g/mol. The molecule has 4 heteroatoms. The normalized spacial score (nSPS) is 34.7. The van der Waals surface area contributed by atoms with Crippen molar-refractivity contribution in [2.75, 3.05) is 46.1 Å². The smallest absolute Gasteiger partial charge is 0.0622 e. The molecule has 106 valence electrons. The van der Waals surface area contributed by atoms with Gasteiger partial charge in [-0.05, 0) is 19.4 Å². The Labute approximate surface area is 111 Å². The van der Waals surface area contributed by atoms with Gasteiger partial charge in [0.15, 0.2) is 0 Å². The first kappa shape index (κ1) is 14.3. The van der Waals surface area contributed by atoms with Crippen molar-refractivity contribution in [1.82, 2.24) is 10.2 Å². The molecule has 0 radical (unpaired) electrons. The van der Waals surface area contributed by atoms with E-state index in [0.717, 1.165) is 52.5 Å². The second-order valence-corrected chi connectivity index (χ2v) is 5.42. The Hall–Kier alpha value is -0.160. The fraction of sp³-hybridized carbons (Fsp3) is 1.00. The van der Waals surface area contributed by atoms with E-state index in [1.807, 2.05) is 0 Å². The molecule has 0 bridgehead atoms. The molecule has 2 aliphatic rings. The van der Waals surface area contributed by atoms with E-state index in [9.17, 15) is 0 Å². The zero-order valence-corrected chi connectivity index (χ0v) is 11.9. The predicted octanol–water partition coefficient (Wildman–Crippen LogP) is 1.11. The average Bonchev–Trinajstić information content (AvgIpc) is 2.42. The monoisotopic (exact) mass is 256 g/mol. The lowest BCUT2D eigenvalue weighted by atomic mass is 9.94. The van der Waals surface area contributed by atoms with E-state index in [1.165, 1.54) is 6.42 Å². The second kappa shape index (κ2) is 7.43. The molecule has 0 aliphatic carbocycles. The van der Waals surface area contributed by atoms with Crippen LogP contribution < -0.4 is 5.32 Å². The van der Waals surface area contributed by atoms with Crippen LogP contribution in [0.1, 0.15) is 26.7 Å². The third-order valence-corrected chi connectivity index (χ3v) is 4.23. The van der Waals surface area contributed by atoms with Crippen molar-refractivity contribution in [3.63, 3.8) is 0 Å². The standard InChI is InChI=1S/C14H28N2O2/c1-3-13-11-18-8-6-16(13)9-12-10-17-7-5-14(12)15-4-2/h12-15H,3-11H2,1-2H3. The molecule has 0 aromatic carbocycles. The Morgan fingerprint density at radius 3 is 2.78 bits per heavy atom. The van der Waals surface area contributed by atoms with Crippen molar-refractivity contribution in [3.05, 3.63) is 0 Å². The van der Waals surface area contributed by atoms with Gasteiger partial charge in [0.25, 0.3) is 0 Å². The SMILES string of the molecule is CCNC1CCOCC1CN1CCOCC1CC. The molecule has 2 aliphatic heterocycles. The lowest BCUT2D eigenvalue weighted by Crippen LogP contribution is -2.52. The maximum atomic E-state index is 5.67. The summed E-state index contributed by atoms with van der Waals surface area (Å²) in [6.45, 7) is 11.3. The number of hydrogen-bond acceptors (Lipinski definition) is 4. The summed E-state index contributed by atoms with van der Waals surface area (Å²) in [6, 6.07) is 1.23. The second-order valence-electron chi connectivity index (χ2n) is 5.42. The lowest BCUT2D eigenvalue weighted by Gasteiger charge is -2.40. The van der Waals surface area contributed by atoms with Crippen molar-refractivity contribution >= 4 is 0 Å². The highest BCUT2D eigenvalue weighted by Crippen LogP contribution is 2.19. The third-order valence-electron chi connectivity index (χ3n) is 4.23. The van der Waals surface area contributed by atoms with Gasteiger partial charge in [-0.1, -0.05) is 13.8 Å². The van der Waals surface area contributed by atoms with E-state index in [2.05, 4.69) is 24.1 Å². The van der Waals surface area contributed by atoms with Gasteiger partial charge in [0.1, 0.15) is 0 Å². The molecular formula is C14H28N2O2. The molecule has 3 unspecified atom stereocenters. The maximum Gasteiger partial charge on any atom is 0.0622 e. The summed E-state index contributed by atoms with van der Waals surface area (Å²) >= 11 is 0. The minimum Gasteiger partial charge on any atom is -0.381 e. The summed E-state index contributed by atoms with van der Waals surface area (Å²) < 4.78 is 11.2. The molecule has 4 nitrogen and oxygen atoms in total. The van der Waals surface area contributed by atoms with Gasteiger partial charge in [0.05, 0.1) is 19.8 Å². The van der Waals surface area contributed by atoms with Gasteiger partial charge in [-0.3, -0.25) is 4.90 Å². The fourth-order valence-electron chi connectivity index (χ4n) is 3.11. The van der Waals surface area contributed by atoms with E-state index in [4.69, 9.17) is 9.47 Å². The molecule has 2 rings (SSSR count).